The SMILES string of the molecule is N#Cc1cccc2c1-c1c(-c3cccc(-c4nc(-c5ccccc5)nc(-c5cccc6ccccc56)n4)c3)cccc1C2(c1ccccc1)c1ccccc1. The number of aromatic nitrogens is 3. The first-order valence-corrected chi connectivity index (χ1v) is 18.4. The summed E-state index contributed by atoms with van der Waals surface area (Å²) in [6, 6.07) is 69.7. The lowest BCUT2D eigenvalue weighted by Crippen LogP contribution is -2.28. The van der Waals surface area contributed by atoms with E-state index in [2.05, 4.69) is 146 Å². The lowest BCUT2D eigenvalue weighted by atomic mass is 9.67. The lowest BCUT2D eigenvalue weighted by molar-refractivity contribution is 0.768. The first kappa shape index (κ1) is 32.2. The predicted molar refractivity (Wildman–Crippen MR) is 221 cm³/mol. The average Bonchev–Trinajstić information content (AvgIpc) is 3.58. The maximum atomic E-state index is 10.6. The van der Waals surface area contributed by atoms with Crippen molar-refractivity contribution in [2.75, 3.05) is 0 Å². The Balaban J connectivity index is 1.21. The summed E-state index contributed by atoms with van der Waals surface area (Å²) >= 11 is 0. The molecule has 0 amide bonds. The van der Waals surface area contributed by atoms with Crippen LogP contribution in [0.5, 0.6) is 0 Å². The molecule has 0 atom stereocenters. The Kier molecular flexibility index (Phi) is 7.71. The van der Waals surface area contributed by atoms with E-state index in [1.54, 1.807) is 0 Å². The second-order valence-electron chi connectivity index (χ2n) is 13.8. The van der Waals surface area contributed by atoms with Gasteiger partial charge in [-0.3, -0.25) is 0 Å². The van der Waals surface area contributed by atoms with Crippen LogP contribution in [-0.2, 0) is 5.41 Å². The molecule has 1 aliphatic rings. The van der Waals surface area contributed by atoms with Crippen LogP contribution in [0, 0.1) is 11.3 Å². The highest BCUT2D eigenvalue weighted by molar-refractivity contribution is 5.98. The second kappa shape index (κ2) is 13.2. The Morgan fingerprint density at radius 1 is 0.400 bits per heavy atom. The molecule has 0 N–H and O–H groups in total. The maximum absolute atomic E-state index is 10.6. The fraction of sp³-hybridized carbons (Fsp3) is 0.0196. The molecule has 4 heteroatoms. The van der Waals surface area contributed by atoms with E-state index in [0.717, 1.165) is 72.0 Å². The zero-order valence-corrected chi connectivity index (χ0v) is 29.8. The quantitative estimate of drug-likeness (QED) is 0.173. The minimum atomic E-state index is -0.625. The van der Waals surface area contributed by atoms with E-state index in [0.29, 0.717) is 23.0 Å². The van der Waals surface area contributed by atoms with E-state index < -0.39 is 5.41 Å². The Bertz CT molecular complexity index is 2890. The van der Waals surface area contributed by atoms with Gasteiger partial charge in [0.05, 0.1) is 17.0 Å². The third-order valence-corrected chi connectivity index (χ3v) is 10.9. The van der Waals surface area contributed by atoms with Gasteiger partial charge in [0.2, 0.25) is 0 Å². The van der Waals surface area contributed by atoms with Crippen LogP contribution in [0.1, 0.15) is 27.8 Å². The molecule has 1 aliphatic carbocycles. The van der Waals surface area contributed by atoms with Crippen LogP contribution in [0.15, 0.2) is 194 Å². The number of hydrogen-bond donors (Lipinski definition) is 0. The normalized spacial score (nSPS) is 12.5. The molecule has 0 fully saturated rings. The molecule has 1 aromatic heterocycles. The number of rotatable bonds is 6. The largest absolute Gasteiger partial charge is 0.208 e. The molecular weight excluding hydrogens is 669 g/mol. The Hall–Kier alpha value is -7.48. The smallest absolute Gasteiger partial charge is 0.164 e. The van der Waals surface area contributed by atoms with Gasteiger partial charge < -0.3 is 0 Å². The van der Waals surface area contributed by atoms with Crippen LogP contribution < -0.4 is 0 Å². The van der Waals surface area contributed by atoms with Gasteiger partial charge in [-0.25, -0.2) is 15.0 Å². The van der Waals surface area contributed by atoms with Crippen LogP contribution in [0.3, 0.4) is 0 Å². The summed E-state index contributed by atoms with van der Waals surface area (Å²) in [5.41, 5.74) is 11.4. The Morgan fingerprint density at radius 2 is 0.909 bits per heavy atom. The van der Waals surface area contributed by atoms with Crippen molar-refractivity contribution < 1.29 is 0 Å². The summed E-state index contributed by atoms with van der Waals surface area (Å²) < 4.78 is 0. The lowest BCUT2D eigenvalue weighted by Gasteiger charge is -2.34. The highest BCUT2D eigenvalue weighted by atomic mass is 15.0. The summed E-state index contributed by atoms with van der Waals surface area (Å²) in [5.74, 6) is 1.82. The third kappa shape index (κ3) is 5.17. The molecule has 0 unspecified atom stereocenters. The minimum absolute atomic E-state index is 0.590. The van der Waals surface area contributed by atoms with Gasteiger partial charge in [0.15, 0.2) is 17.5 Å². The van der Waals surface area contributed by atoms with Crippen molar-refractivity contribution in [1.82, 2.24) is 15.0 Å². The van der Waals surface area contributed by atoms with E-state index in [1.165, 1.54) is 0 Å². The average molecular weight is 701 g/mol. The van der Waals surface area contributed by atoms with Crippen LogP contribution >= 0.6 is 0 Å². The molecule has 0 aliphatic heterocycles. The fourth-order valence-corrected chi connectivity index (χ4v) is 8.50. The molecule has 8 aromatic carbocycles. The van der Waals surface area contributed by atoms with E-state index in [4.69, 9.17) is 15.0 Å². The van der Waals surface area contributed by atoms with Crippen molar-refractivity contribution in [2.45, 2.75) is 5.41 Å². The molecule has 1 heterocycles. The maximum Gasteiger partial charge on any atom is 0.164 e. The molecule has 0 spiro atoms. The molecule has 4 nitrogen and oxygen atoms in total. The Morgan fingerprint density at radius 3 is 1.64 bits per heavy atom. The van der Waals surface area contributed by atoms with Crippen molar-refractivity contribution in [1.29, 1.82) is 5.26 Å². The van der Waals surface area contributed by atoms with Gasteiger partial charge >= 0.3 is 0 Å². The number of hydrogen-bond acceptors (Lipinski definition) is 4. The fourth-order valence-electron chi connectivity index (χ4n) is 8.50. The Labute approximate surface area is 319 Å². The first-order chi connectivity index (χ1) is 27.2. The zero-order chi connectivity index (χ0) is 36.8. The number of nitriles is 1. The molecule has 256 valence electrons. The van der Waals surface area contributed by atoms with Crippen LogP contribution in [0.4, 0.5) is 0 Å². The van der Waals surface area contributed by atoms with Gasteiger partial charge in [-0.15, -0.1) is 0 Å². The second-order valence-corrected chi connectivity index (χ2v) is 13.8. The van der Waals surface area contributed by atoms with Crippen LogP contribution in [0.25, 0.3) is 67.2 Å². The van der Waals surface area contributed by atoms with Gasteiger partial charge in [-0.1, -0.05) is 182 Å². The molecule has 10 rings (SSSR count). The highest BCUT2D eigenvalue weighted by Crippen LogP contribution is 2.59. The van der Waals surface area contributed by atoms with Crippen molar-refractivity contribution in [3.8, 4) is 62.5 Å². The van der Waals surface area contributed by atoms with Gasteiger partial charge in [0.25, 0.3) is 0 Å². The van der Waals surface area contributed by atoms with E-state index in [1.807, 2.05) is 54.6 Å². The van der Waals surface area contributed by atoms with Crippen molar-refractivity contribution in [2.24, 2.45) is 0 Å². The summed E-state index contributed by atoms with van der Waals surface area (Å²) in [6.07, 6.45) is 0. The van der Waals surface area contributed by atoms with Crippen molar-refractivity contribution in [3.05, 3.63) is 222 Å². The molecule has 0 bridgehead atoms. The number of nitrogens with zero attached hydrogens (tertiary/aromatic N) is 4. The molecule has 55 heavy (non-hydrogen) atoms. The molecule has 0 saturated heterocycles. The summed E-state index contributed by atoms with van der Waals surface area (Å²) in [4.78, 5) is 15.3. The molecule has 9 aromatic rings. The highest BCUT2D eigenvalue weighted by Gasteiger charge is 2.47. The van der Waals surface area contributed by atoms with E-state index in [-0.39, 0.29) is 0 Å². The summed E-state index contributed by atoms with van der Waals surface area (Å²) in [6.45, 7) is 0. The van der Waals surface area contributed by atoms with Gasteiger partial charge in [-0.2, -0.15) is 5.26 Å². The van der Waals surface area contributed by atoms with E-state index >= 15 is 0 Å². The molecule has 0 saturated carbocycles. The van der Waals surface area contributed by atoms with Gasteiger partial charge in [0, 0.05) is 22.3 Å². The van der Waals surface area contributed by atoms with Crippen molar-refractivity contribution in [3.63, 3.8) is 0 Å². The summed E-state index contributed by atoms with van der Waals surface area (Å²) in [7, 11) is 0. The standard InChI is InChI=1S/C51H32N4/c52-33-38-22-14-30-44-46(38)47-42(28-15-31-45(47)51(44,39-23-6-2-7-24-39)40-25-8-3-9-26-40)36-20-12-21-37(32-36)49-53-48(35-17-4-1-5-18-35)54-50(55-49)43-29-13-19-34-16-10-11-27-41(34)43/h1-32H. The predicted octanol–water partition coefficient (Wildman–Crippen LogP) is 11.9. The zero-order valence-electron chi connectivity index (χ0n) is 29.8. The third-order valence-electron chi connectivity index (χ3n) is 10.9. The molecule has 0 radical (unpaired) electrons. The van der Waals surface area contributed by atoms with Crippen LogP contribution in [-0.4, -0.2) is 15.0 Å². The topological polar surface area (TPSA) is 62.5 Å². The molecular formula is C51H32N4. The first-order valence-electron chi connectivity index (χ1n) is 18.4. The van der Waals surface area contributed by atoms with Gasteiger partial charge in [0.1, 0.15) is 0 Å². The number of fused-ring (bicyclic) bond motifs is 4. The summed E-state index contributed by atoms with van der Waals surface area (Å²) in [5, 5.41) is 12.8. The monoisotopic (exact) mass is 700 g/mol. The minimum Gasteiger partial charge on any atom is -0.208 e. The number of benzene rings is 8. The van der Waals surface area contributed by atoms with Crippen LogP contribution in [0.2, 0.25) is 0 Å². The van der Waals surface area contributed by atoms with E-state index in [9.17, 15) is 5.26 Å². The van der Waals surface area contributed by atoms with Crippen molar-refractivity contribution >= 4 is 10.8 Å². The van der Waals surface area contributed by atoms with Gasteiger partial charge in [-0.05, 0) is 61.8 Å².